The van der Waals surface area contributed by atoms with Crippen molar-refractivity contribution in [1.29, 1.82) is 0 Å². The molecule has 19 heavy (non-hydrogen) atoms. The van der Waals surface area contributed by atoms with Crippen LogP contribution in [-0.2, 0) is 5.41 Å². The number of rotatable bonds is 2. The van der Waals surface area contributed by atoms with Gasteiger partial charge < -0.3 is 0 Å². The van der Waals surface area contributed by atoms with Crippen molar-refractivity contribution in [3.8, 4) is 0 Å². The van der Waals surface area contributed by atoms with Gasteiger partial charge in [-0.1, -0.05) is 76.5 Å². The van der Waals surface area contributed by atoms with Crippen LogP contribution in [0.5, 0.6) is 0 Å². The first-order chi connectivity index (χ1) is 8.84. The van der Waals surface area contributed by atoms with E-state index in [4.69, 9.17) is 0 Å². The third-order valence-corrected chi connectivity index (χ3v) is 4.69. The molecule has 0 heterocycles. The number of halogens is 2. The minimum atomic E-state index is 0.210. The summed E-state index contributed by atoms with van der Waals surface area (Å²) in [6.45, 7) is 6.71. The summed E-state index contributed by atoms with van der Waals surface area (Å²) in [6.07, 6.45) is 0. The van der Waals surface area contributed by atoms with Crippen molar-refractivity contribution in [3.63, 3.8) is 0 Å². The second-order valence-corrected chi connectivity index (χ2v) is 8.46. The summed E-state index contributed by atoms with van der Waals surface area (Å²) in [7, 11) is 0. The quantitative estimate of drug-likeness (QED) is 0.543. The maximum absolute atomic E-state index is 3.52. The van der Waals surface area contributed by atoms with E-state index >= 15 is 0 Å². The molecule has 0 aromatic heterocycles. The van der Waals surface area contributed by atoms with Gasteiger partial charge in [-0.15, -0.1) is 0 Å². The van der Waals surface area contributed by atoms with Gasteiger partial charge in [0.1, 0.15) is 0 Å². The SMILES string of the molecule is CC(C)(C)c1ccc(Sc2cc(Br)cc(Br)c2)cc1. The van der Waals surface area contributed by atoms with Gasteiger partial charge in [0.15, 0.2) is 0 Å². The Hall–Kier alpha value is -0.250. The third kappa shape index (κ3) is 4.37. The molecular formula is C16H16Br2S. The van der Waals surface area contributed by atoms with Crippen LogP contribution in [0.2, 0.25) is 0 Å². The fourth-order valence-corrected chi connectivity index (χ4v) is 4.26. The highest BCUT2D eigenvalue weighted by Crippen LogP contribution is 2.33. The van der Waals surface area contributed by atoms with Gasteiger partial charge >= 0.3 is 0 Å². The molecular weight excluding hydrogens is 384 g/mol. The second-order valence-electron chi connectivity index (χ2n) is 5.48. The molecule has 0 aliphatic rings. The zero-order valence-corrected chi connectivity index (χ0v) is 15.2. The van der Waals surface area contributed by atoms with Gasteiger partial charge in [-0.05, 0) is 41.3 Å². The first-order valence-corrected chi connectivity index (χ1v) is 8.49. The lowest BCUT2D eigenvalue weighted by molar-refractivity contribution is 0.590. The molecule has 2 aromatic rings. The molecule has 0 atom stereocenters. The van der Waals surface area contributed by atoms with Crippen molar-refractivity contribution in [2.24, 2.45) is 0 Å². The lowest BCUT2D eigenvalue weighted by Gasteiger charge is -2.19. The van der Waals surface area contributed by atoms with Crippen LogP contribution in [0.15, 0.2) is 61.2 Å². The molecule has 3 heteroatoms. The molecule has 100 valence electrons. The highest BCUT2D eigenvalue weighted by molar-refractivity contribution is 9.11. The maximum Gasteiger partial charge on any atom is 0.0197 e. The number of benzene rings is 2. The molecule has 0 saturated carbocycles. The van der Waals surface area contributed by atoms with Gasteiger partial charge in [0.2, 0.25) is 0 Å². The average Bonchev–Trinajstić information content (AvgIpc) is 2.26. The number of hydrogen-bond donors (Lipinski definition) is 0. The summed E-state index contributed by atoms with van der Waals surface area (Å²) < 4.78 is 2.19. The Labute approximate surface area is 136 Å². The Morgan fingerprint density at radius 1 is 0.789 bits per heavy atom. The molecule has 0 bridgehead atoms. The van der Waals surface area contributed by atoms with E-state index in [0.29, 0.717) is 0 Å². The van der Waals surface area contributed by atoms with Crippen LogP contribution >= 0.6 is 43.6 Å². The first-order valence-electron chi connectivity index (χ1n) is 6.09. The van der Waals surface area contributed by atoms with E-state index in [9.17, 15) is 0 Å². The van der Waals surface area contributed by atoms with E-state index < -0.39 is 0 Å². The van der Waals surface area contributed by atoms with Crippen LogP contribution in [0.3, 0.4) is 0 Å². The van der Waals surface area contributed by atoms with Crippen molar-refractivity contribution < 1.29 is 0 Å². The summed E-state index contributed by atoms with van der Waals surface area (Å²) >= 11 is 8.82. The molecule has 0 N–H and O–H groups in total. The molecule has 0 aliphatic heterocycles. The minimum Gasteiger partial charge on any atom is -0.0900 e. The topological polar surface area (TPSA) is 0 Å². The fraction of sp³-hybridized carbons (Fsp3) is 0.250. The lowest BCUT2D eigenvalue weighted by atomic mass is 9.87. The Balaban J connectivity index is 2.20. The largest absolute Gasteiger partial charge is 0.0900 e. The normalized spacial score (nSPS) is 11.6. The van der Waals surface area contributed by atoms with Gasteiger partial charge in [-0.25, -0.2) is 0 Å². The molecule has 0 radical (unpaired) electrons. The van der Waals surface area contributed by atoms with E-state index in [1.54, 1.807) is 11.8 Å². The zero-order chi connectivity index (χ0) is 14.0. The van der Waals surface area contributed by atoms with Crippen LogP contribution < -0.4 is 0 Å². The third-order valence-electron chi connectivity index (χ3n) is 2.79. The van der Waals surface area contributed by atoms with E-state index in [-0.39, 0.29) is 5.41 Å². The van der Waals surface area contributed by atoms with Crippen molar-refractivity contribution in [2.45, 2.75) is 36.0 Å². The van der Waals surface area contributed by atoms with E-state index in [1.165, 1.54) is 15.4 Å². The molecule has 0 nitrogen and oxygen atoms in total. The Morgan fingerprint density at radius 3 is 1.79 bits per heavy atom. The smallest absolute Gasteiger partial charge is 0.0197 e. The predicted molar refractivity (Wildman–Crippen MR) is 91.1 cm³/mol. The average molecular weight is 400 g/mol. The zero-order valence-electron chi connectivity index (χ0n) is 11.2. The summed E-state index contributed by atoms with van der Waals surface area (Å²) in [5.74, 6) is 0. The highest BCUT2D eigenvalue weighted by atomic mass is 79.9. The van der Waals surface area contributed by atoms with E-state index in [2.05, 4.69) is 89.0 Å². The molecule has 0 aliphatic carbocycles. The van der Waals surface area contributed by atoms with Crippen molar-refractivity contribution in [1.82, 2.24) is 0 Å². The Kier molecular flexibility index (Phi) is 4.80. The van der Waals surface area contributed by atoms with Crippen LogP contribution in [-0.4, -0.2) is 0 Å². The molecule has 0 saturated heterocycles. The van der Waals surface area contributed by atoms with Crippen LogP contribution in [0.4, 0.5) is 0 Å². The molecule has 2 rings (SSSR count). The van der Waals surface area contributed by atoms with Gasteiger partial charge in [0.25, 0.3) is 0 Å². The van der Waals surface area contributed by atoms with Gasteiger partial charge in [-0.2, -0.15) is 0 Å². The van der Waals surface area contributed by atoms with Gasteiger partial charge in [-0.3, -0.25) is 0 Å². The molecule has 0 amide bonds. The lowest BCUT2D eigenvalue weighted by Crippen LogP contribution is -2.10. The van der Waals surface area contributed by atoms with Crippen molar-refractivity contribution in [2.75, 3.05) is 0 Å². The number of hydrogen-bond acceptors (Lipinski definition) is 1. The van der Waals surface area contributed by atoms with Crippen molar-refractivity contribution >= 4 is 43.6 Å². The summed E-state index contributed by atoms with van der Waals surface area (Å²) in [4.78, 5) is 2.49. The summed E-state index contributed by atoms with van der Waals surface area (Å²) in [5.41, 5.74) is 1.58. The molecule has 2 aromatic carbocycles. The Bertz CT molecular complexity index is 548. The molecule has 0 spiro atoms. The fourth-order valence-electron chi connectivity index (χ4n) is 1.75. The second kappa shape index (κ2) is 6.02. The first kappa shape index (κ1) is 15.1. The predicted octanol–water partition coefficient (Wildman–Crippen LogP) is 6.66. The van der Waals surface area contributed by atoms with Crippen LogP contribution in [0, 0.1) is 0 Å². The van der Waals surface area contributed by atoms with Crippen LogP contribution in [0.1, 0.15) is 26.3 Å². The minimum absolute atomic E-state index is 0.210. The maximum atomic E-state index is 3.52. The van der Waals surface area contributed by atoms with Gasteiger partial charge in [0, 0.05) is 18.7 Å². The van der Waals surface area contributed by atoms with Crippen molar-refractivity contribution in [3.05, 3.63) is 57.0 Å². The van der Waals surface area contributed by atoms with E-state index in [1.807, 2.05) is 6.07 Å². The standard InChI is InChI=1S/C16H16Br2S/c1-16(2,3)11-4-6-14(7-5-11)19-15-9-12(17)8-13(18)10-15/h4-10H,1-3H3. The molecule has 0 unspecified atom stereocenters. The van der Waals surface area contributed by atoms with E-state index in [0.717, 1.165) is 8.95 Å². The van der Waals surface area contributed by atoms with Gasteiger partial charge in [0.05, 0.1) is 0 Å². The monoisotopic (exact) mass is 398 g/mol. The summed E-state index contributed by atoms with van der Waals surface area (Å²) in [6, 6.07) is 15.1. The van der Waals surface area contributed by atoms with Crippen LogP contribution in [0.25, 0.3) is 0 Å². The highest BCUT2D eigenvalue weighted by Gasteiger charge is 2.12. The molecule has 0 fully saturated rings. The summed E-state index contributed by atoms with van der Waals surface area (Å²) in [5, 5.41) is 0. The Morgan fingerprint density at radius 2 is 1.32 bits per heavy atom.